The molecule has 0 unspecified atom stereocenters. The monoisotopic (exact) mass is 245 g/mol. The number of hydrogen-bond acceptors (Lipinski definition) is 2. The Kier molecular flexibility index (Phi) is 4.90. The molecule has 0 bridgehead atoms. The number of hydrogen-bond donors (Lipinski definition) is 1. The lowest BCUT2D eigenvalue weighted by atomic mass is 10.2. The van der Waals surface area contributed by atoms with Crippen LogP contribution in [0.3, 0.4) is 0 Å². The van der Waals surface area contributed by atoms with Gasteiger partial charge >= 0.3 is 5.97 Å². The Hall–Kier alpha value is -2.33. The Morgan fingerprint density at radius 3 is 1.61 bits per heavy atom. The number of rotatable bonds is 4. The Morgan fingerprint density at radius 1 is 0.889 bits per heavy atom. The molecule has 4 heteroatoms. The standard InChI is InChI=1S/C14H13NO2.H2O/c16-14(17)11-15(12-7-3-1-4-8-12)13-9-5-2-6-10-13;/h1-10H,11H2,(H,16,17);1H2. The Balaban J connectivity index is 0.00000162. The Bertz CT molecular complexity index is 445. The van der Waals surface area contributed by atoms with E-state index in [1.165, 1.54) is 0 Å². The first-order valence-electron chi connectivity index (χ1n) is 5.37. The van der Waals surface area contributed by atoms with Crippen molar-refractivity contribution in [3.05, 3.63) is 60.7 Å². The second-order valence-corrected chi connectivity index (χ2v) is 3.65. The van der Waals surface area contributed by atoms with E-state index < -0.39 is 5.97 Å². The minimum absolute atomic E-state index is 0. The molecule has 2 rings (SSSR count). The molecule has 2 aromatic carbocycles. The fourth-order valence-corrected chi connectivity index (χ4v) is 1.68. The van der Waals surface area contributed by atoms with Crippen LogP contribution in [0.1, 0.15) is 0 Å². The topological polar surface area (TPSA) is 72.0 Å². The summed E-state index contributed by atoms with van der Waals surface area (Å²) in [6.07, 6.45) is 0. The van der Waals surface area contributed by atoms with Crippen LogP contribution >= 0.6 is 0 Å². The predicted octanol–water partition coefficient (Wildman–Crippen LogP) is 2.08. The lowest BCUT2D eigenvalue weighted by molar-refractivity contribution is -0.135. The number of carbonyl (C=O) groups is 1. The van der Waals surface area contributed by atoms with Gasteiger partial charge in [0.1, 0.15) is 6.54 Å². The maximum absolute atomic E-state index is 10.9. The molecule has 0 aliphatic rings. The number of benzene rings is 2. The lowest BCUT2D eigenvalue weighted by Gasteiger charge is -2.22. The van der Waals surface area contributed by atoms with E-state index in [1.807, 2.05) is 60.7 Å². The third-order valence-corrected chi connectivity index (χ3v) is 2.43. The number of nitrogens with zero attached hydrogens (tertiary/aromatic N) is 1. The number of carboxylic acid groups (broad SMARTS) is 1. The highest BCUT2D eigenvalue weighted by Crippen LogP contribution is 2.24. The van der Waals surface area contributed by atoms with Crippen LogP contribution in [0, 0.1) is 0 Å². The fraction of sp³-hybridized carbons (Fsp3) is 0.0714. The predicted molar refractivity (Wildman–Crippen MR) is 71.1 cm³/mol. The van der Waals surface area contributed by atoms with Crippen molar-refractivity contribution >= 4 is 17.3 Å². The first kappa shape index (κ1) is 13.7. The Labute approximate surface area is 105 Å². The van der Waals surface area contributed by atoms with E-state index in [0.29, 0.717) is 0 Å². The van der Waals surface area contributed by atoms with Gasteiger partial charge in [-0.3, -0.25) is 4.79 Å². The number of anilines is 2. The van der Waals surface area contributed by atoms with Crippen molar-refractivity contribution in [2.45, 2.75) is 0 Å². The number of para-hydroxylation sites is 2. The molecule has 0 saturated heterocycles. The minimum atomic E-state index is -0.849. The van der Waals surface area contributed by atoms with Gasteiger partial charge < -0.3 is 15.5 Å². The van der Waals surface area contributed by atoms with Gasteiger partial charge in [0.15, 0.2) is 0 Å². The van der Waals surface area contributed by atoms with E-state index in [-0.39, 0.29) is 12.0 Å². The van der Waals surface area contributed by atoms with E-state index in [9.17, 15) is 4.79 Å². The van der Waals surface area contributed by atoms with Gasteiger partial charge in [-0.05, 0) is 24.3 Å². The fourth-order valence-electron chi connectivity index (χ4n) is 1.68. The Morgan fingerprint density at radius 2 is 1.28 bits per heavy atom. The molecule has 0 heterocycles. The molecule has 0 radical (unpaired) electrons. The molecule has 0 aliphatic heterocycles. The van der Waals surface area contributed by atoms with Crippen molar-refractivity contribution in [3.63, 3.8) is 0 Å². The molecular weight excluding hydrogens is 230 g/mol. The normalized spacial score (nSPS) is 9.33. The molecule has 3 N–H and O–H groups in total. The van der Waals surface area contributed by atoms with Crippen molar-refractivity contribution in [1.82, 2.24) is 0 Å². The maximum atomic E-state index is 10.9. The first-order valence-corrected chi connectivity index (χ1v) is 5.37. The quantitative estimate of drug-likeness (QED) is 0.896. The molecule has 94 valence electrons. The smallest absolute Gasteiger partial charge is 0.323 e. The summed E-state index contributed by atoms with van der Waals surface area (Å²) >= 11 is 0. The van der Waals surface area contributed by atoms with Crippen LogP contribution < -0.4 is 4.90 Å². The van der Waals surface area contributed by atoms with E-state index in [4.69, 9.17) is 5.11 Å². The summed E-state index contributed by atoms with van der Waals surface area (Å²) in [5.74, 6) is -0.849. The van der Waals surface area contributed by atoms with Crippen LogP contribution in [-0.2, 0) is 4.79 Å². The molecule has 2 aromatic rings. The average Bonchev–Trinajstić information content (AvgIpc) is 2.38. The third-order valence-electron chi connectivity index (χ3n) is 2.43. The minimum Gasteiger partial charge on any atom is -0.480 e. The molecule has 0 atom stereocenters. The van der Waals surface area contributed by atoms with E-state index >= 15 is 0 Å². The average molecular weight is 245 g/mol. The van der Waals surface area contributed by atoms with Gasteiger partial charge in [-0.15, -0.1) is 0 Å². The molecule has 0 aromatic heterocycles. The molecule has 0 amide bonds. The number of carboxylic acids is 1. The number of aliphatic carboxylic acids is 1. The highest BCUT2D eigenvalue weighted by Gasteiger charge is 2.11. The zero-order valence-electron chi connectivity index (χ0n) is 9.78. The highest BCUT2D eigenvalue weighted by molar-refractivity contribution is 5.78. The van der Waals surface area contributed by atoms with Crippen molar-refractivity contribution < 1.29 is 15.4 Å². The molecule has 0 spiro atoms. The van der Waals surface area contributed by atoms with Crippen molar-refractivity contribution in [2.24, 2.45) is 0 Å². The van der Waals surface area contributed by atoms with E-state index in [1.54, 1.807) is 4.90 Å². The van der Waals surface area contributed by atoms with Gasteiger partial charge in [0, 0.05) is 11.4 Å². The van der Waals surface area contributed by atoms with Gasteiger partial charge in [-0.25, -0.2) is 0 Å². The molecular formula is C14H15NO3. The molecule has 0 aliphatic carbocycles. The summed E-state index contributed by atoms with van der Waals surface area (Å²) in [5, 5.41) is 8.96. The summed E-state index contributed by atoms with van der Waals surface area (Å²) in [6.45, 7) is -0.0476. The summed E-state index contributed by atoms with van der Waals surface area (Å²) in [7, 11) is 0. The van der Waals surface area contributed by atoms with Gasteiger partial charge in [-0.1, -0.05) is 36.4 Å². The summed E-state index contributed by atoms with van der Waals surface area (Å²) in [5.41, 5.74) is 1.75. The molecule has 18 heavy (non-hydrogen) atoms. The van der Waals surface area contributed by atoms with Gasteiger partial charge in [0.05, 0.1) is 0 Å². The van der Waals surface area contributed by atoms with Crippen molar-refractivity contribution in [2.75, 3.05) is 11.4 Å². The molecule has 0 fully saturated rings. The van der Waals surface area contributed by atoms with Crippen molar-refractivity contribution in [3.8, 4) is 0 Å². The van der Waals surface area contributed by atoms with Crippen LogP contribution in [0.5, 0.6) is 0 Å². The first-order chi connectivity index (χ1) is 8.27. The van der Waals surface area contributed by atoms with E-state index in [2.05, 4.69) is 0 Å². The zero-order valence-corrected chi connectivity index (χ0v) is 9.78. The molecule has 4 nitrogen and oxygen atoms in total. The zero-order chi connectivity index (χ0) is 12.1. The third kappa shape index (κ3) is 3.33. The van der Waals surface area contributed by atoms with Gasteiger partial charge in [-0.2, -0.15) is 0 Å². The highest BCUT2D eigenvalue weighted by atomic mass is 16.4. The van der Waals surface area contributed by atoms with Crippen LogP contribution in [0.2, 0.25) is 0 Å². The summed E-state index contributed by atoms with van der Waals surface area (Å²) in [6, 6.07) is 19.0. The lowest BCUT2D eigenvalue weighted by Crippen LogP contribution is -2.24. The summed E-state index contributed by atoms with van der Waals surface area (Å²) in [4.78, 5) is 12.7. The van der Waals surface area contributed by atoms with Gasteiger partial charge in [0.25, 0.3) is 0 Å². The largest absolute Gasteiger partial charge is 0.480 e. The van der Waals surface area contributed by atoms with Gasteiger partial charge in [0.2, 0.25) is 0 Å². The second-order valence-electron chi connectivity index (χ2n) is 3.65. The van der Waals surface area contributed by atoms with Crippen LogP contribution in [0.4, 0.5) is 11.4 Å². The summed E-state index contributed by atoms with van der Waals surface area (Å²) < 4.78 is 0. The second kappa shape index (κ2) is 6.42. The van der Waals surface area contributed by atoms with Crippen LogP contribution in [0.25, 0.3) is 0 Å². The van der Waals surface area contributed by atoms with E-state index in [0.717, 1.165) is 11.4 Å². The SMILES string of the molecule is O.O=C(O)CN(c1ccccc1)c1ccccc1. The maximum Gasteiger partial charge on any atom is 0.323 e. The van der Waals surface area contributed by atoms with Crippen LogP contribution in [0.15, 0.2) is 60.7 Å². The van der Waals surface area contributed by atoms with Crippen LogP contribution in [-0.4, -0.2) is 23.1 Å². The van der Waals surface area contributed by atoms with Crippen molar-refractivity contribution in [1.29, 1.82) is 0 Å². The molecule has 0 saturated carbocycles.